The SMILES string of the molecule is CCOC(=O)C1(CNc2ccc(-n3ccc(C)n3)nn2)CCCC1. The number of hydrogen-bond acceptors (Lipinski definition) is 6. The van der Waals surface area contributed by atoms with Crippen LogP contribution in [0.2, 0.25) is 0 Å². The maximum atomic E-state index is 12.3. The molecule has 0 amide bonds. The topological polar surface area (TPSA) is 81.9 Å². The fourth-order valence-corrected chi connectivity index (χ4v) is 3.13. The highest BCUT2D eigenvalue weighted by molar-refractivity contribution is 5.78. The lowest BCUT2D eigenvalue weighted by Gasteiger charge is -2.26. The van der Waals surface area contributed by atoms with E-state index in [9.17, 15) is 4.79 Å². The number of nitrogens with one attached hydrogen (secondary N) is 1. The van der Waals surface area contributed by atoms with Gasteiger partial charge in [0.05, 0.1) is 17.7 Å². The van der Waals surface area contributed by atoms with Crippen molar-refractivity contribution in [2.75, 3.05) is 18.5 Å². The number of carbonyl (C=O) groups excluding carboxylic acids is 1. The molecule has 0 spiro atoms. The first-order chi connectivity index (χ1) is 11.6. The van der Waals surface area contributed by atoms with E-state index < -0.39 is 5.41 Å². The van der Waals surface area contributed by atoms with Crippen LogP contribution >= 0.6 is 0 Å². The van der Waals surface area contributed by atoms with Gasteiger partial charge in [0.25, 0.3) is 0 Å². The molecular weight excluding hydrogens is 306 g/mol. The predicted octanol–water partition coefficient (Wildman–Crippen LogP) is 2.51. The second-order valence-electron chi connectivity index (χ2n) is 6.24. The molecule has 0 saturated heterocycles. The lowest BCUT2D eigenvalue weighted by Crippen LogP contribution is -2.37. The van der Waals surface area contributed by atoms with Gasteiger partial charge in [0, 0.05) is 12.7 Å². The van der Waals surface area contributed by atoms with Crippen molar-refractivity contribution in [1.82, 2.24) is 20.0 Å². The third kappa shape index (κ3) is 3.39. The number of rotatable bonds is 6. The van der Waals surface area contributed by atoms with E-state index in [4.69, 9.17) is 4.74 Å². The highest BCUT2D eigenvalue weighted by atomic mass is 16.5. The average molecular weight is 329 g/mol. The Morgan fingerprint density at radius 2 is 2.08 bits per heavy atom. The van der Waals surface area contributed by atoms with Crippen molar-refractivity contribution < 1.29 is 9.53 Å². The molecule has 0 atom stereocenters. The van der Waals surface area contributed by atoms with Crippen molar-refractivity contribution in [3.05, 3.63) is 30.1 Å². The van der Waals surface area contributed by atoms with Crippen LogP contribution in [0.5, 0.6) is 0 Å². The van der Waals surface area contributed by atoms with Gasteiger partial charge < -0.3 is 10.1 Å². The fraction of sp³-hybridized carbons (Fsp3) is 0.529. The molecule has 2 heterocycles. The molecule has 0 radical (unpaired) electrons. The van der Waals surface area contributed by atoms with Crippen LogP contribution in [0.25, 0.3) is 5.82 Å². The molecule has 1 saturated carbocycles. The first-order valence-corrected chi connectivity index (χ1v) is 8.40. The molecule has 128 valence electrons. The minimum atomic E-state index is -0.435. The summed E-state index contributed by atoms with van der Waals surface area (Å²) in [7, 11) is 0. The Bertz CT molecular complexity index is 689. The molecule has 0 unspecified atom stereocenters. The van der Waals surface area contributed by atoms with E-state index in [1.807, 2.05) is 38.2 Å². The monoisotopic (exact) mass is 329 g/mol. The van der Waals surface area contributed by atoms with Gasteiger partial charge >= 0.3 is 5.97 Å². The summed E-state index contributed by atoms with van der Waals surface area (Å²) >= 11 is 0. The number of carbonyl (C=O) groups is 1. The van der Waals surface area contributed by atoms with Crippen molar-refractivity contribution in [2.45, 2.75) is 39.5 Å². The maximum absolute atomic E-state index is 12.3. The van der Waals surface area contributed by atoms with E-state index in [0.29, 0.717) is 24.8 Å². The zero-order valence-corrected chi connectivity index (χ0v) is 14.2. The van der Waals surface area contributed by atoms with Gasteiger partial charge in [-0.15, -0.1) is 10.2 Å². The Morgan fingerprint density at radius 3 is 2.67 bits per heavy atom. The number of ether oxygens (including phenoxy) is 1. The Hall–Kier alpha value is -2.44. The van der Waals surface area contributed by atoms with Gasteiger partial charge in [0.15, 0.2) is 5.82 Å². The van der Waals surface area contributed by atoms with Gasteiger partial charge in [-0.05, 0) is 44.9 Å². The summed E-state index contributed by atoms with van der Waals surface area (Å²) in [6.07, 6.45) is 5.68. The van der Waals surface area contributed by atoms with E-state index in [1.165, 1.54) is 0 Å². The van der Waals surface area contributed by atoms with Gasteiger partial charge in [0.1, 0.15) is 5.82 Å². The van der Waals surface area contributed by atoms with Crippen LogP contribution in [0, 0.1) is 12.3 Å². The zero-order chi connectivity index (χ0) is 17.0. The smallest absolute Gasteiger partial charge is 0.313 e. The van der Waals surface area contributed by atoms with Crippen molar-refractivity contribution in [2.24, 2.45) is 5.41 Å². The lowest BCUT2D eigenvalue weighted by molar-refractivity contribution is -0.154. The summed E-state index contributed by atoms with van der Waals surface area (Å²) in [5, 5.41) is 15.9. The molecule has 1 aliphatic rings. The van der Waals surface area contributed by atoms with Gasteiger partial charge in [-0.3, -0.25) is 4.79 Å². The number of aromatic nitrogens is 4. The Labute approximate surface area is 141 Å². The first kappa shape index (κ1) is 16.4. The minimum absolute atomic E-state index is 0.105. The highest BCUT2D eigenvalue weighted by Gasteiger charge is 2.42. The van der Waals surface area contributed by atoms with Crippen molar-refractivity contribution in [3.8, 4) is 5.82 Å². The van der Waals surface area contributed by atoms with E-state index >= 15 is 0 Å². The van der Waals surface area contributed by atoms with Crippen LogP contribution in [0.1, 0.15) is 38.3 Å². The molecule has 0 aromatic carbocycles. The van der Waals surface area contributed by atoms with E-state index in [-0.39, 0.29) is 5.97 Å². The molecule has 2 aromatic rings. The van der Waals surface area contributed by atoms with Gasteiger partial charge in [-0.1, -0.05) is 12.8 Å². The zero-order valence-electron chi connectivity index (χ0n) is 14.2. The quantitative estimate of drug-likeness (QED) is 0.820. The standard InChI is InChI=1S/C17H23N5O2/c1-3-24-16(23)17(9-4-5-10-17)12-18-14-6-7-15(20-19-14)22-11-8-13(2)21-22/h6-8,11H,3-5,9-10,12H2,1-2H3,(H,18,19). The summed E-state index contributed by atoms with van der Waals surface area (Å²) in [5.74, 6) is 1.21. The summed E-state index contributed by atoms with van der Waals surface area (Å²) in [4.78, 5) is 12.3. The summed E-state index contributed by atoms with van der Waals surface area (Å²) in [5.41, 5.74) is 0.492. The number of aryl methyl sites for hydroxylation is 1. The predicted molar refractivity (Wildman–Crippen MR) is 89.9 cm³/mol. The van der Waals surface area contributed by atoms with Crippen LogP contribution in [0.3, 0.4) is 0 Å². The van der Waals surface area contributed by atoms with E-state index in [0.717, 1.165) is 31.4 Å². The van der Waals surface area contributed by atoms with Crippen molar-refractivity contribution in [1.29, 1.82) is 0 Å². The molecule has 0 bridgehead atoms. The molecule has 1 N–H and O–H groups in total. The average Bonchev–Trinajstić information content (AvgIpc) is 3.24. The maximum Gasteiger partial charge on any atom is 0.313 e. The number of anilines is 1. The van der Waals surface area contributed by atoms with E-state index in [2.05, 4.69) is 20.6 Å². The lowest BCUT2D eigenvalue weighted by atomic mass is 9.86. The first-order valence-electron chi connectivity index (χ1n) is 8.40. The second-order valence-corrected chi connectivity index (χ2v) is 6.24. The molecule has 1 fully saturated rings. The number of hydrogen-bond donors (Lipinski definition) is 1. The molecule has 0 aliphatic heterocycles. The molecule has 7 nitrogen and oxygen atoms in total. The third-order valence-corrected chi connectivity index (χ3v) is 4.48. The highest BCUT2D eigenvalue weighted by Crippen LogP contribution is 2.39. The number of nitrogens with zero attached hydrogens (tertiary/aromatic N) is 4. The minimum Gasteiger partial charge on any atom is -0.466 e. The summed E-state index contributed by atoms with van der Waals surface area (Å²) < 4.78 is 6.95. The Balaban J connectivity index is 1.66. The Kier molecular flexibility index (Phi) is 4.78. The summed E-state index contributed by atoms with van der Waals surface area (Å²) in [6, 6.07) is 5.62. The molecule has 3 rings (SSSR count). The summed E-state index contributed by atoms with van der Waals surface area (Å²) in [6.45, 7) is 4.71. The van der Waals surface area contributed by atoms with Crippen LogP contribution in [-0.4, -0.2) is 39.1 Å². The van der Waals surface area contributed by atoms with Crippen molar-refractivity contribution >= 4 is 11.8 Å². The van der Waals surface area contributed by atoms with Gasteiger partial charge in [-0.2, -0.15) is 5.10 Å². The molecular formula is C17H23N5O2. The molecule has 2 aromatic heterocycles. The van der Waals surface area contributed by atoms with Crippen LogP contribution < -0.4 is 5.32 Å². The van der Waals surface area contributed by atoms with E-state index in [1.54, 1.807) is 4.68 Å². The van der Waals surface area contributed by atoms with Crippen LogP contribution in [0.15, 0.2) is 24.4 Å². The molecule has 24 heavy (non-hydrogen) atoms. The van der Waals surface area contributed by atoms with Gasteiger partial charge in [-0.25, -0.2) is 4.68 Å². The molecule has 1 aliphatic carbocycles. The van der Waals surface area contributed by atoms with Crippen LogP contribution in [-0.2, 0) is 9.53 Å². The largest absolute Gasteiger partial charge is 0.466 e. The third-order valence-electron chi connectivity index (χ3n) is 4.48. The fourth-order valence-electron chi connectivity index (χ4n) is 3.13. The normalized spacial score (nSPS) is 16.1. The molecule has 7 heteroatoms. The Morgan fingerprint density at radius 1 is 1.29 bits per heavy atom. The van der Waals surface area contributed by atoms with Crippen molar-refractivity contribution in [3.63, 3.8) is 0 Å². The van der Waals surface area contributed by atoms with Gasteiger partial charge in [0.2, 0.25) is 0 Å². The van der Waals surface area contributed by atoms with Crippen LogP contribution in [0.4, 0.5) is 5.82 Å². The number of esters is 1. The second kappa shape index (κ2) is 6.98.